The van der Waals surface area contributed by atoms with Crippen molar-refractivity contribution in [2.45, 2.75) is 13.0 Å². The SMILES string of the molecule is COc1ccccc1O[C@H](C)C(=O)Nc1cccc([N+](=O)[O-])c1. The van der Waals surface area contributed by atoms with Crippen molar-refractivity contribution >= 4 is 17.3 Å². The van der Waals surface area contributed by atoms with Crippen LogP contribution in [0.2, 0.25) is 0 Å². The number of carbonyl (C=O) groups excluding carboxylic acids is 1. The second-order valence-electron chi connectivity index (χ2n) is 4.71. The molecule has 0 saturated carbocycles. The molecule has 0 aliphatic heterocycles. The lowest BCUT2D eigenvalue weighted by Gasteiger charge is -2.16. The maximum atomic E-state index is 12.2. The fraction of sp³-hybridized carbons (Fsp3) is 0.188. The summed E-state index contributed by atoms with van der Waals surface area (Å²) in [6.45, 7) is 1.58. The lowest BCUT2D eigenvalue weighted by Crippen LogP contribution is -2.30. The molecule has 2 aromatic rings. The van der Waals surface area contributed by atoms with Gasteiger partial charge in [0.15, 0.2) is 17.6 Å². The quantitative estimate of drug-likeness (QED) is 0.653. The van der Waals surface area contributed by atoms with Gasteiger partial charge in [0.1, 0.15) is 0 Å². The summed E-state index contributed by atoms with van der Waals surface area (Å²) in [6, 6.07) is 12.7. The number of para-hydroxylation sites is 2. The van der Waals surface area contributed by atoms with Gasteiger partial charge in [-0.2, -0.15) is 0 Å². The van der Waals surface area contributed by atoms with E-state index in [1.54, 1.807) is 37.3 Å². The van der Waals surface area contributed by atoms with Gasteiger partial charge in [-0.25, -0.2) is 0 Å². The molecule has 2 rings (SSSR count). The van der Waals surface area contributed by atoms with Crippen molar-refractivity contribution in [2.24, 2.45) is 0 Å². The number of anilines is 1. The molecule has 0 fully saturated rings. The third-order valence-corrected chi connectivity index (χ3v) is 3.07. The van der Waals surface area contributed by atoms with Crippen molar-refractivity contribution in [3.8, 4) is 11.5 Å². The number of benzene rings is 2. The van der Waals surface area contributed by atoms with Crippen molar-refractivity contribution in [1.29, 1.82) is 0 Å². The van der Waals surface area contributed by atoms with Crippen LogP contribution in [0.15, 0.2) is 48.5 Å². The van der Waals surface area contributed by atoms with E-state index in [1.807, 2.05) is 0 Å². The van der Waals surface area contributed by atoms with Gasteiger partial charge in [0.2, 0.25) is 0 Å². The Balaban J connectivity index is 2.05. The van der Waals surface area contributed by atoms with Gasteiger partial charge >= 0.3 is 0 Å². The molecule has 0 heterocycles. The van der Waals surface area contributed by atoms with E-state index in [0.717, 1.165) is 0 Å². The fourth-order valence-electron chi connectivity index (χ4n) is 1.90. The number of non-ortho nitro benzene ring substituents is 1. The first-order chi connectivity index (χ1) is 11.0. The molecule has 7 heteroatoms. The molecule has 23 heavy (non-hydrogen) atoms. The highest BCUT2D eigenvalue weighted by Crippen LogP contribution is 2.27. The molecule has 7 nitrogen and oxygen atoms in total. The van der Waals surface area contributed by atoms with Crippen LogP contribution < -0.4 is 14.8 Å². The number of nitro benzene ring substituents is 1. The van der Waals surface area contributed by atoms with E-state index >= 15 is 0 Å². The molecule has 0 aliphatic carbocycles. The number of nitrogens with zero attached hydrogens (tertiary/aromatic N) is 1. The Morgan fingerprint density at radius 3 is 2.52 bits per heavy atom. The van der Waals surface area contributed by atoms with E-state index in [-0.39, 0.29) is 5.69 Å². The molecule has 0 aromatic heterocycles. The Bertz CT molecular complexity index is 717. The summed E-state index contributed by atoms with van der Waals surface area (Å²) in [5, 5.41) is 13.3. The Morgan fingerprint density at radius 2 is 1.87 bits per heavy atom. The van der Waals surface area contributed by atoms with Gasteiger partial charge in [-0.3, -0.25) is 14.9 Å². The van der Waals surface area contributed by atoms with Crippen molar-refractivity contribution < 1.29 is 19.2 Å². The second-order valence-corrected chi connectivity index (χ2v) is 4.71. The van der Waals surface area contributed by atoms with Gasteiger partial charge < -0.3 is 14.8 Å². The topological polar surface area (TPSA) is 90.7 Å². The maximum absolute atomic E-state index is 12.2. The van der Waals surface area contributed by atoms with Crippen LogP contribution in [0.3, 0.4) is 0 Å². The van der Waals surface area contributed by atoms with Gasteiger partial charge in [-0.15, -0.1) is 0 Å². The summed E-state index contributed by atoms with van der Waals surface area (Å²) in [6.07, 6.45) is -0.800. The van der Waals surface area contributed by atoms with Gasteiger partial charge in [0.25, 0.3) is 11.6 Å². The van der Waals surface area contributed by atoms with Crippen LogP contribution >= 0.6 is 0 Å². The predicted octanol–water partition coefficient (Wildman–Crippen LogP) is 3.01. The number of amides is 1. The number of ether oxygens (including phenoxy) is 2. The number of hydrogen-bond acceptors (Lipinski definition) is 5. The molecule has 0 aliphatic rings. The zero-order valence-electron chi connectivity index (χ0n) is 12.7. The summed E-state index contributed by atoms with van der Waals surface area (Å²) in [5.74, 6) is 0.538. The minimum atomic E-state index is -0.800. The van der Waals surface area contributed by atoms with Crippen LogP contribution in [0.4, 0.5) is 11.4 Å². The minimum Gasteiger partial charge on any atom is -0.493 e. The Hall–Kier alpha value is -3.09. The van der Waals surface area contributed by atoms with E-state index in [9.17, 15) is 14.9 Å². The van der Waals surface area contributed by atoms with Crippen LogP contribution in [-0.4, -0.2) is 24.0 Å². The zero-order valence-corrected chi connectivity index (χ0v) is 12.7. The van der Waals surface area contributed by atoms with Crippen molar-refractivity contribution in [2.75, 3.05) is 12.4 Å². The molecule has 0 radical (unpaired) electrons. The first-order valence-corrected chi connectivity index (χ1v) is 6.86. The lowest BCUT2D eigenvalue weighted by molar-refractivity contribution is -0.384. The van der Waals surface area contributed by atoms with Gasteiger partial charge in [0.05, 0.1) is 12.0 Å². The highest BCUT2D eigenvalue weighted by Gasteiger charge is 2.17. The highest BCUT2D eigenvalue weighted by atomic mass is 16.6. The molecule has 0 spiro atoms. The minimum absolute atomic E-state index is 0.0962. The van der Waals surface area contributed by atoms with Crippen molar-refractivity contribution in [1.82, 2.24) is 0 Å². The van der Waals surface area contributed by atoms with E-state index in [2.05, 4.69) is 5.32 Å². The normalized spacial score (nSPS) is 11.4. The van der Waals surface area contributed by atoms with Crippen LogP contribution in [0, 0.1) is 10.1 Å². The zero-order chi connectivity index (χ0) is 16.8. The monoisotopic (exact) mass is 316 g/mol. The van der Waals surface area contributed by atoms with E-state index in [0.29, 0.717) is 17.2 Å². The standard InChI is InChI=1S/C16H16N2O5/c1-11(23-15-9-4-3-8-14(15)22-2)16(19)17-12-6-5-7-13(10-12)18(20)21/h3-11H,1-2H3,(H,17,19)/t11-/m1/s1. The van der Waals surface area contributed by atoms with Crippen molar-refractivity contribution in [3.05, 3.63) is 58.6 Å². The first-order valence-electron chi connectivity index (χ1n) is 6.86. The first kappa shape index (κ1) is 16.3. The van der Waals surface area contributed by atoms with Crippen LogP contribution in [-0.2, 0) is 4.79 Å². The summed E-state index contributed by atoms with van der Waals surface area (Å²) < 4.78 is 10.7. The third kappa shape index (κ3) is 4.19. The lowest BCUT2D eigenvalue weighted by atomic mass is 10.2. The molecule has 2 aromatic carbocycles. The summed E-state index contributed by atoms with van der Waals surface area (Å²) in [4.78, 5) is 22.4. The summed E-state index contributed by atoms with van der Waals surface area (Å²) in [5.41, 5.74) is 0.237. The Morgan fingerprint density at radius 1 is 1.17 bits per heavy atom. The van der Waals surface area contributed by atoms with Crippen molar-refractivity contribution in [3.63, 3.8) is 0 Å². The molecule has 120 valence electrons. The second kappa shape index (κ2) is 7.26. The Kier molecular flexibility index (Phi) is 5.14. The van der Waals surface area contributed by atoms with Gasteiger partial charge in [-0.05, 0) is 25.1 Å². The predicted molar refractivity (Wildman–Crippen MR) is 84.8 cm³/mol. The third-order valence-electron chi connectivity index (χ3n) is 3.07. The highest BCUT2D eigenvalue weighted by molar-refractivity contribution is 5.94. The number of methoxy groups -OCH3 is 1. The molecule has 1 N–H and O–H groups in total. The fourth-order valence-corrected chi connectivity index (χ4v) is 1.90. The van der Waals surface area contributed by atoms with Crippen LogP contribution in [0.25, 0.3) is 0 Å². The Labute approximate surface area is 133 Å². The average Bonchev–Trinajstić information content (AvgIpc) is 2.55. The summed E-state index contributed by atoms with van der Waals surface area (Å²) >= 11 is 0. The summed E-state index contributed by atoms with van der Waals surface area (Å²) in [7, 11) is 1.51. The van der Waals surface area contributed by atoms with E-state index in [4.69, 9.17) is 9.47 Å². The van der Waals surface area contributed by atoms with Crippen LogP contribution in [0.1, 0.15) is 6.92 Å². The molecule has 1 amide bonds. The number of rotatable bonds is 6. The number of carbonyl (C=O) groups is 1. The molecule has 1 atom stereocenters. The molecule has 0 saturated heterocycles. The van der Waals surface area contributed by atoms with Crippen LogP contribution in [0.5, 0.6) is 11.5 Å². The van der Waals surface area contributed by atoms with E-state index in [1.165, 1.54) is 25.3 Å². The van der Waals surface area contributed by atoms with Gasteiger partial charge in [0, 0.05) is 17.8 Å². The number of hydrogen-bond donors (Lipinski definition) is 1. The number of nitrogens with one attached hydrogen (secondary N) is 1. The largest absolute Gasteiger partial charge is 0.493 e. The average molecular weight is 316 g/mol. The van der Waals surface area contributed by atoms with E-state index < -0.39 is 16.9 Å². The number of nitro groups is 1. The molecular formula is C16H16N2O5. The molecular weight excluding hydrogens is 300 g/mol. The van der Waals surface area contributed by atoms with Gasteiger partial charge in [-0.1, -0.05) is 18.2 Å². The molecule has 0 bridgehead atoms. The smallest absolute Gasteiger partial charge is 0.271 e. The molecule has 0 unspecified atom stereocenters. The maximum Gasteiger partial charge on any atom is 0.271 e.